The van der Waals surface area contributed by atoms with Crippen molar-refractivity contribution in [1.29, 1.82) is 0 Å². The van der Waals surface area contributed by atoms with Crippen LogP contribution in [0.15, 0.2) is 4.42 Å². The molecular weight excluding hydrogens is 132 g/mol. The van der Waals surface area contributed by atoms with Gasteiger partial charge in [0, 0.05) is 13.0 Å². The summed E-state index contributed by atoms with van der Waals surface area (Å²) in [5, 5.41) is 8.53. The van der Waals surface area contributed by atoms with Gasteiger partial charge < -0.3 is 15.3 Å². The minimum atomic E-state index is 0.0762. The van der Waals surface area contributed by atoms with Crippen molar-refractivity contribution in [3.63, 3.8) is 0 Å². The van der Waals surface area contributed by atoms with E-state index >= 15 is 0 Å². The molecule has 1 rings (SSSR count). The summed E-state index contributed by atoms with van der Waals surface area (Å²) in [7, 11) is 0. The van der Waals surface area contributed by atoms with Crippen LogP contribution >= 0.6 is 0 Å². The number of aliphatic hydroxyl groups excluding tert-OH is 1. The first-order valence-electron chi connectivity index (χ1n) is 3.06. The van der Waals surface area contributed by atoms with Crippen molar-refractivity contribution in [1.82, 2.24) is 4.98 Å². The Morgan fingerprint density at radius 1 is 1.70 bits per heavy atom. The standard InChI is InChI=1S/C6H10N2O2/c1-4-5(2-3-9)8-6(7)10-4/h9H,2-3H2,1H3,(H2,7,8). The zero-order valence-corrected chi connectivity index (χ0v) is 5.79. The molecule has 0 unspecified atom stereocenters. The molecule has 0 radical (unpaired) electrons. The summed E-state index contributed by atoms with van der Waals surface area (Å²) in [4.78, 5) is 3.85. The second kappa shape index (κ2) is 2.70. The number of hydrogen-bond donors (Lipinski definition) is 2. The summed E-state index contributed by atoms with van der Waals surface area (Å²) in [5.41, 5.74) is 5.99. The third kappa shape index (κ3) is 1.27. The number of nitrogens with two attached hydrogens (primary N) is 1. The van der Waals surface area contributed by atoms with Crippen molar-refractivity contribution in [3.05, 3.63) is 11.5 Å². The van der Waals surface area contributed by atoms with E-state index in [9.17, 15) is 0 Å². The van der Waals surface area contributed by atoms with E-state index in [2.05, 4.69) is 4.98 Å². The first-order valence-corrected chi connectivity index (χ1v) is 3.06. The summed E-state index contributed by atoms with van der Waals surface area (Å²) in [6.07, 6.45) is 0.506. The molecule has 56 valence electrons. The highest BCUT2D eigenvalue weighted by molar-refractivity contribution is 5.18. The molecular formula is C6H10N2O2. The van der Waals surface area contributed by atoms with E-state index in [1.165, 1.54) is 0 Å². The van der Waals surface area contributed by atoms with E-state index in [1.54, 1.807) is 6.92 Å². The van der Waals surface area contributed by atoms with Gasteiger partial charge >= 0.3 is 0 Å². The quantitative estimate of drug-likeness (QED) is 0.614. The van der Waals surface area contributed by atoms with Crippen LogP contribution in [0.4, 0.5) is 6.01 Å². The third-order valence-corrected chi connectivity index (χ3v) is 1.26. The Hall–Kier alpha value is -1.03. The number of anilines is 1. The van der Waals surface area contributed by atoms with Gasteiger partial charge in [-0.2, -0.15) is 4.98 Å². The van der Waals surface area contributed by atoms with Crippen LogP contribution < -0.4 is 5.73 Å². The van der Waals surface area contributed by atoms with E-state index in [0.717, 1.165) is 5.69 Å². The molecule has 1 aromatic rings. The lowest BCUT2D eigenvalue weighted by Gasteiger charge is -1.88. The Labute approximate surface area is 58.7 Å². The Morgan fingerprint density at radius 2 is 2.40 bits per heavy atom. The van der Waals surface area contributed by atoms with Gasteiger partial charge in [-0.05, 0) is 6.92 Å². The normalized spacial score (nSPS) is 10.2. The highest BCUT2D eigenvalue weighted by atomic mass is 16.4. The Balaban J connectivity index is 2.81. The molecule has 0 aromatic carbocycles. The SMILES string of the molecule is Cc1oc(N)nc1CCO. The highest BCUT2D eigenvalue weighted by Crippen LogP contribution is 2.10. The molecule has 0 aliphatic rings. The van der Waals surface area contributed by atoms with Crippen molar-refractivity contribution >= 4 is 6.01 Å². The number of aliphatic hydroxyl groups is 1. The predicted octanol–water partition coefficient (Wildman–Crippen LogP) is 0.100. The number of nitrogens with zero attached hydrogens (tertiary/aromatic N) is 1. The van der Waals surface area contributed by atoms with Crippen molar-refractivity contribution < 1.29 is 9.52 Å². The van der Waals surface area contributed by atoms with Crippen LogP contribution in [0, 0.1) is 6.92 Å². The minimum Gasteiger partial charge on any atom is -0.429 e. The summed E-state index contributed by atoms with van der Waals surface area (Å²) in [6.45, 7) is 1.85. The Morgan fingerprint density at radius 3 is 2.80 bits per heavy atom. The van der Waals surface area contributed by atoms with Gasteiger partial charge in [-0.25, -0.2) is 0 Å². The first-order chi connectivity index (χ1) is 4.74. The summed E-state index contributed by atoms with van der Waals surface area (Å²) in [6, 6.07) is 0.168. The number of nitrogen functional groups attached to an aromatic ring is 1. The van der Waals surface area contributed by atoms with Crippen LogP contribution in [0.2, 0.25) is 0 Å². The molecule has 0 bridgehead atoms. The van der Waals surface area contributed by atoms with Gasteiger partial charge in [0.05, 0.1) is 5.69 Å². The maximum absolute atomic E-state index is 8.53. The van der Waals surface area contributed by atoms with E-state index in [-0.39, 0.29) is 12.6 Å². The summed E-state index contributed by atoms with van der Waals surface area (Å²) in [5.74, 6) is 0.687. The molecule has 4 nitrogen and oxygen atoms in total. The van der Waals surface area contributed by atoms with Crippen molar-refractivity contribution in [2.24, 2.45) is 0 Å². The van der Waals surface area contributed by atoms with E-state index in [1.807, 2.05) is 0 Å². The molecule has 0 amide bonds. The van der Waals surface area contributed by atoms with Gasteiger partial charge in [-0.1, -0.05) is 0 Å². The molecule has 10 heavy (non-hydrogen) atoms. The predicted molar refractivity (Wildman–Crippen MR) is 36.4 cm³/mol. The molecule has 3 N–H and O–H groups in total. The summed E-state index contributed by atoms with van der Waals surface area (Å²) >= 11 is 0. The smallest absolute Gasteiger partial charge is 0.292 e. The lowest BCUT2D eigenvalue weighted by molar-refractivity contribution is 0.297. The molecule has 0 atom stereocenters. The van der Waals surface area contributed by atoms with Gasteiger partial charge in [0.1, 0.15) is 5.76 Å². The molecule has 1 heterocycles. The maximum atomic E-state index is 8.53. The zero-order valence-electron chi connectivity index (χ0n) is 5.79. The van der Waals surface area contributed by atoms with Crippen LogP contribution in [-0.2, 0) is 6.42 Å². The molecule has 1 aromatic heterocycles. The van der Waals surface area contributed by atoms with Crippen LogP contribution in [0.1, 0.15) is 11.5 Å². The average Bonchev–Trinajstić information content (AvgIpc) is 2.13. The fourth-order valence-electron chi connectivity index (χ4n) is 0.788. The minimum absolute atomic E-state index is 0.0762. The maximum Gasteiger partial charge on any atom is 0.292 e. The topological polar surface area (TPSA) is 72.3 Å². The lowest BCUT2D eigenvalue weighted by atomic mass is 10.3. The number of aryl methyl sites for hydroxylation is 1. The molecule has 0 saturated carbocycles. The first kappa shape index (κ1) is 7.08. The second-order valence-electron chi connectivity index (χ2n) is 2.03. The van der Waals surface area contributed by atoms with Crippen LogP contribution in [-0.4, -0.2) is 16.7 Å². The molecule has 0 aliphatic heterocycles. The number of aromatic nitrogens is 1. The summed E-state index contributed by atoms with van der Waals surface area (Å²) < 4.78 is 4.92. The number of oxazole rings is 1. The van der Waals surface area contributed by atoms with Gasteiger partial charge in [-0.15, -0.1) is 0 Å². The van der Waals surface area contributed by atoms with Gasteiger partial charge in [0.25, 0.3) is 6.01 Å². The van der Waals surface area contributed by atoms with Crippen LogP contribution in [0.25, 0.3) is 0 Å². The van der Waals surface area contributed by atoms with Crippen molar-refractivity contribution in [2.45, 2.75) is 13.3 Å². The van der Waals surface area contributed by atoms with Gasteiger partial charge in [0.2, 0.25) is 0 Å². The zero-order chi connectivity index (χ0) is 7.56. The molecule has 4 heteroatoms. The van der Waals surface area contributed by atoms with Gasteiger partial charge in [-0.3, -0.25) is 0 Å². The van der Waals surface area contributed by atoms with Gasteiger partial charge in [0.15, 0.2) is 0 Å². The average molecular weight is 142 g/mol. The highest BCUT2D eigenvalue weighted by Gasteiger charge is 2.04. The van der Waals surface area contributed by atoms with E-state index in [4.69, 9.17) is 15.3 Å². The second-order valence-corrected chi connectivity index (χ2v) is 2.03. The fourth-order valence-corrected chi connectivity index (χ4v) is 0.788. The third-order valence-electron chi connectivity index (χ3n) is 1.26. The molecule has 0 aliphatic carbocycles. The molecule has 0 saturated heterocycles. The Kier molecular flexibility index (Phi) is 1.91. The van der Waals surface area contributed by atoms with E-state index < -0.39 is 0 Å². The molecule has 0 spiro atoms. The van der Waals surface area contributed by atoms with Crippen molar-refractivity contribution in [3.8, 4) is 0 Å². The molecule has 0 fully saturated rings. The lowest BCUT2D eigenvalue weighted by Crippen LogP contribution is -1.93. The fraction of sp³-hybridized carbons (Fsp3) is 0.500. The monoisotopic (exact) mass is 142 g/mol. The van der Waals surface area contributed by atoms with E-state index in [0.29, 0.717) is 12.2 Å². The van der Waals surface area contributed by atoms with Crippen LogP contribution in [0.5, 0.6) is 0 Å². The van der Waals surface area contributed by atoms with Crippen LogP contribution in [0.3, 0.4) is 0 Å². The largest absolute Gasteiger partial charge is 0.429 e. The Bertz CT molecular complexity index is 220. The van der Waals surface area contributed by atoms with Crippen molar-refractivity contribution in [2.75, 3.05) is 12.3 Å². The number of hydrogen-bond acceptors (Lipinski definition) is 4. The number of rotatable bonds is 2.